The molecular formula is C23H26FN5O3. The van der Waals surface area contributed by atoms with Gasteiger partial charge in [0.2, 0.25) is 0 Å². The number of hydrogen-bond acceptors (Lipinski definition) is 5. The molecule has 9 heteroatoms. The lowest BCUT2D eigenvalue weighted by atomic mass is 9.99. The third-order valence-electron chi connectivity index (χ3n) is 5.76. The van der Waals surface area contributed by atoms with Gasteiger partial charge in [0.05, 0.1) is 12.3 Å². The minimum absolute atomic E-state index is 0.00357. The molecule has 2 aromatic heterocycles. The van der Waals surface area contributed by atoms with Gasteiger partial charge in [-0.2, -0.15) is 0 Å². The predicted molar refractivity (Wildman–Crippen MR) is 115 cm³/mol. The quantitative estimate of drug-likeness (QED) is 0.551. The van der Waals surface area contributed by atoms with Gasteiger partial charge in [-0.3, -0.25) is 4.79 Å². The molecule has 0 aliphatic carbocycles. The summed E-state index contributed by atoms with van der Waals surface area (Å²) in [5, 5.41) is 4.20. The van der Waals surface area contributed by atoms with Gasteiger partial charge in [-0.25, -0.2) is 18.9 Å². The number of ether oxygens (including phenoxy) is 1. The van der Waals surface area contributed by atoms with Crippen LogP contribution in [0.25, 0.3) is 5.69 Å². The fourth-order valence-electron chi connectivity index (χ4n) is 4.05. The van der Waals surface area contributed by atoms with Crippen LogP contribution in [0.5, 0.6) is 0 Å². The second-order valence-corrected chi connectivity index (χ2v) is 7.95. The first kappa shape index (κ1) is 21.7. The van der Waals surface area contributed by atoms with E-state index in [1.807, 2.05) is 34.8 Å². The summed E-state index contributed by atoms with van der Waals surface area (Å²) in [7, 11) is 1.86. The summed E-state index contributed by atoms with van der Waals surface area (Å²) >= 11 is 0. The standard InChI is InChI=1S/C23H26FN5O3/c1-16-25-21(26-29(16)19-10-8-17(24)9-11-19)23(31)32-15-12-18-6-3-4-14-28(18)22(30)20-7-5-13-27(20)2/h5,7-11,13,18H,3-4,6,12,14-15H2,1-2H3. The molecule has 168 valence electrons. The van der Waals surface area contributed by atoms with Crippen LogP contribution in [0.2, 0.25) is 0 Å². The number of carbonyl (C=O) groups excluding carboxylic acids is 2. The van der Waals surface area contributed by atoms with Crippen LogP contribution in [0.3, 0.4) is 0 Å². The number of likely N-dealkylation sites (tertiary alicyclic amines) is 1. The third kappa shape index (κ3) is 4.56. The second kappa shape index (κ2) is 9.33. The maximum atomic E-state index is 13.2. The summed E-state index contributed by atoms with van der Waals surface area (Å²) < 4.78 is 21.9. The van der Waals surface area contributed by atoms with Crippen molar-refractivity contribution in [1.82, 2.24) is 24.2 Å². The van der Waals surface area contributed by atoms with Gasteiger partial charge < -0.3 is 14.2 Å². The monoisotopic (exact) mass is 439 g/mol. The molecule has 3 heterocycles. The molecular weight excluding hydrogens is 413 g/mol. The largest absolute Gasteiger partial charge is 0.460 e. The number of rotatable bonds is 6. The Morgan fingerprint density at radius 2 is 1.97 bits per heavy atom. The molecule has 0 bridgehead atoms. The van der Waals surface area contributed by atoms with Crippen LogP contribution < -0.4 is 0 Å². The van der Waals surface area contributed by atoms with E-state index in [0.29, 0.717) is 30.2 Å². The number of nitrogens with zero attached hydrogens (tertiary/aromatic N) is 5. The summed E-state index contributed by atoms with van der Waals surface area (Å²) in [5.74, 6) is -0.523. The van der Waals surface area contributed by atoms with Crippen LogP contribution in [0.4, 0.5) is 4.39 Å². The highest BCUT2D eigenvalue weighted by molar-refractivity contribution is 5.93. The number of amides is 1. The molecule has 1 saturated heterocycles. The molecule has 0 N–H and O–H groups in total. The van der Waals surface area contributed by atoms with Gasteiger partial charge in [-0.15, -0.1) is 5.10 Å². The van der Waals surface area contributed by atoms with E-state index >= 15 is 0 Å². The zero-order valence-electron chi connectivity index (χ0n) is 18.2. The molecule has 4 rings (SSSR count). The minimum atomic E-state index is -0.620. The van der Waals surface area contributed by atoms with Crippen molar-refractivity contribution in [3.8, 4) is 5.69 Å². The third-order valence-corrected chi connectivity index (χ3v) is 5.76. The van der Waals surface area contributed by atoms with E-state index in [0.717, 1.165) is 19.3 Å². The van der Waals surface area contributed by atoms with Crippen LogP contribution in [-0.4, -0.2) is 55.3 Å². The summed E-state index contributed by atoms with van der Waals surface area (Å²) in [6.45, 7) is 2.58. The zero-order valence-corrected chi connectivity index (χ0v) is 18.2. The van der Waals surface area contributed by atoms with Crippen LogP contribution >= 0.6 is 0 Å². The Kier molecular flexibility index (Phi) is 6.34. The SMILES string of the molecule is Cc1nc(C(=O)OCCC2CCCCN2C(=O)c2cccn2C)nn1-c1ccc(F)cc1. The first-order valence-electron chi connectivity index (χ1n) is 10.7. The van der Waals surface area contributed by atoms with Crippen LogP contribution in [0.1, 0.15) is 52.6 Å². The Bertz CT molecular complexity index is 1110. The van der Waals surface area contributed by atoms with Crippen molar-refractivity contribution in [2.24, 2.45) is 7.05 Å². The lowest BCUT2D eigenvalue weighted by Crippen LogP contribution is -2.44. The van der Waals surface area contributed by atoms with Gasteiger partial charge in [0.1, 0.15) is 17.3 Å². The van der Waals surface area contributed by atoms with Crippen molar-refractivity contribution >= 4 is 11.9 Å². The number of halogens is 1. The number of aryl methyl sites for hydroxylation is 2. The second-order valence-electron chi connectivity index (χ2n) is 7.95. The number of aromatic nitrogens is 4. The average molecular weight is 439 g/mol. The van der Waals surface area contributed by atoms with Gasteiger partial charge in [0.15, 0.2) is 0 Å². The number of piperidine rings is 1. The normalized spacial score (nSPS) is 16.2. The van der Waals surface area contributed by atoms with E-state index in [4.69, 9.17) is 4.74 Å². The number of carbonyl (C=O) groups is 2. The highest BCUT2D eigenvalue weighted by Crippen LogP contribution is 2.22. The maximum Gasteiger partial charge on any atom is 0.378 e. The van der Waals surface area contributed by atoms with Gasteiger partial charge in [0, 0.05) is 32.3 Å². The zero-order chi connectivity index (χ0) is 22.7. The smallest absolute Gasteiger partial charge is 0.378 e. The van der Waals surface area contributed by atoms with Crippen molar-refractivity contribution in [1.29, 1.82) is 0 Å². The molecule has 0 spiro atoms. The first-order chi connectivity index (χ1) is 15.4. The van der Waals surface area contributed by atoms with Crippen LogP contribution in [0.15, 0.2) is 42.6 Å². The number of esters is 1. The van der Waals surface area contributed by atoms with Gasteiger partial charge in [-0.1, -0.05) is 0 Å². The summed E-state index contributed by atoms with van der Waals surface area (Å²) in [4.78, 5) is 31.5. The molecule has 1 aliphatic rings. The van der Waals surface area contributed by atoms with Crippen molar-refractivity contribution in [2.75, 3.05) is 13.2 Å². The van der Waals surface area contributed by atoms with E-state index in [2.05, 4.69) is 10.1 Å². The van der Waals surface area contributed by atoms with E-state index < -0.39 is 5.97 Å². The average Bonchev–Trinajstić information content (AvgIpc) is 3.40. The van der Waals surface area contributed by atoms with Crippen LogP contribution in [-0.2, 0) is 11.8 Å². The van der Waals surface area contributed by atoms with E-state index in [-0.39, 0.29) is 30.2 Å². The summed E-state index contributed by atoms with van der Waals surface area (Å²) in [6.07, 6.45) is 5.30. The van der Waals surface area contributed by atoms with E-state index in [9.17, 15) is 14.0 Å². The molecule has 32 heavy (non-hydrogen) atoms. The molecule has 1 aromatic carbocycles. The fourth-order valence-corrected chi connectivity index (χ4v) is 4.05. The van der Waals surface area contributed by atoms with Crippen molar-refractivity contribution in [2.45, 2.75) is 38.6 Å². The topological polar surface area (TPSA) is 82.2 Å². The van der Waals surface area contributed by atoms with Gasteiger partial charge in [-0.05, 0) is 62.6 Å². The Hall–Kier alpha value is -3.49. The lowest BCUT2D eigenvalue weighted by Gasteiger charge is -2.35. The van der Waals surface area contributed by atoms with Crippen molar-refractivity contribution in [3.63, 3.8) is 0 Å². The molecule has 0 radical (unpaired) electrons. The van der Waals surface area contributed by atoms with Crippen molar-refractivity contribution in [3.05, 3.63) is 65.8 Å². The maximum absolute atomic E-state index is 13.2. The summed E-state index contributed by atoms with van der Waals surface area (Å²) in [5.41, 5.74) is 1.26. The van der Waals surface area contributed by atoms with E-state index in [1.165, 1.54) is 16.8 Å². The highest BCUT2D eigenvalue weighted by Gasteiger charge is 2.29. The lowest BCUT2D eigenvalue weighted by molar-refractivity contribution is 0.0396. The minimum Gasteiger partial charge on any atom is -0.460 e. The van der Waals surface area contributed by atoms with Gasteiger partial charge in [0.25, 0.3) is 11.7 Å². The van der Waals surface area contributed by atoms with Gasteiger partial charge >= 0.3 is 5.97 Å². The molecule has 1 amide bonds. The van der Waals surface area contributed by atoms with Crippen molar-refractivity contribution < 1.29 is 18.7 Å². The molecule has 8 nitrogen and oxygen atoms in total. The predicted octanol–water partition coefficient (Wildman–Crippen LogP) is 3.30. The molecule has 0 saturated carbocycles. The molecule has 1 aliphatic heterocycles. The Morgan fingerprint density at radius 3 is 2.69 bits per heavy atom. The highest BCUT2D eigenvalue weighted by atomic mass is 19.1. The Labute approximate surface area is 185 Å². The Balaban J connectivity index is 1.37. The molecule has 1 fully saturated rings. The molecule has 1 atom stereocenters. The summed E-state index contributed by atoms with van der Waals surface area (Å²) in [6, 6.07) is 9.46. The number of benzene rings is 1. The fraction of sp³-hybridized carbons (Fsp3) is 0.391. The van der Waals surface area contributed by atoms with Crippen LogP contribution in [0, 0.1) is 12.7 Å². The molecule has 1 unspecified atom stereocenters. The first-order valence-corrected chi connectivity index (χ1v) is 10.7. The number of hydrogen-bond donors (Lipinski definition) is 0. The molecule has 3 aromatic rings. The van der Waals surface area contributed by atoms with E-state index in [1.54, 1.807) is 19.1 Å². The Morgan fingerprint density at radius 1 is 1.19 bits per heavy atom.